The van der Waals surface area contributed by atoms with Gasteiger partial charge in [0.15, 0.2) is 0 Å². The summed E-state index contributed by atoms with van der Waals surface area (Å²) in [7, 11) is 0. The molecule has 0 radical (unpaired) electrons. The van der Waals surface area contributed by atoms with Crippen LogP contribution < -0.4 is 17.2 Å². The monoisotopic (exact) mass is 202 g/mol. The number of nitrogen functional groups attached to an aromatic ring is 3. The van der Waals surface area contributed by atoms with Crippen LogP contribution in [0.5, 0.6) is 0 Å². The van der Waals surface area contributed by atoms with Gasteiger partial charge < -0.3 is 20.1 Å². The van der Waals surface area contributed by atoms with Crippen LogP contribution >= 0.6 is 9.90 Å². The van der Waals surface area contributed by atoms with Crippen molar-refractivity contribution in [3.8, 4) is 0 Å². The maximum absolute atomic E-state index is 5.14. The van der Waals surface area contributed by atoms with Crippen molar-refractivity contribution < 1.29 is 2.85 Å². The fourth-order valence-electron chi connectivity index (χ4n) is 0.427. The summed E-state index contributed by atoms with van der Waals surface area (Å²) in [5.74, 6) is 0.125. The Balaban J connectivity index is -0.000000101. The fraction of sp³-hybridized carbons (Fsp3) is 0. The molecule has 6 N–H and O–H groups in total. The molecule has 0 aromatic carbocycles. The van der Waals surface area contributed by atoms with Crippen LogP contribution in [-0.2, 0) is 0 Å². The Kier molecular flexibility index (Phi) is 7.10. The Morgan fingerprint density at radius 3 is 1.18 bits per heavy atom. The van der Waals surface area contributed by atoms with Crippen LogP contribution in [0.1, 0.15) is 2.85 Å². The predicted octanol–water partition coefficient (Wildman–Crippen LogP) is -1.48. The SMILES string of the molecule is Nc1nc(N)nc(N)n1.P.[Ca+2].[H-].[H-]. The summed E-state index contributed by atoms with van der Waals surface area (Å²) in [6, 6.07) is 0. The van der Waals surface area contributed by atoms with E-state index in [1.165, 1.54) is 0 Å². The van der Waals surface area contributed by atoms with Crippen LogP contribution in [0.3, 0.4) is 0 Å². The second kappa shape index (κ2) is 5.71. The predicted molar refractivity (Wildman–Crippen MR) is 52.1 cm³/mol. The smallest absolute Gasteiger partial charge is 1.00 e. The first-order valence-electron chi connectivity index (χ1n) is 2.21. The minimum absolute atomic E-state index is 0. The van der Waals surface area contributed by atoms with Crippen molar-refractivity contribution in [2.45, 2.75) is 0 Å². The maximum atomic E-state index is 5.14. The van der Waals surface area contributed by atoms with Crippen molar-refractivity contribution in [1.82, 2.24) is 15.0 Å². The molecular formula is C3H11CaN6P. The van der Waals surface area contributed by atoms with Gasteiger partial charge in [0.25, 0.3) is 0 Å². The van der Waals surface area contributed by atoms with Crippen molar-refractivity contribution in [2.75, 3.05) is 17.2 Å². The Labute approximate surface area is 99.9 Å². The molecule has 0 bridgehead atoms. The van der Waals surface area contributed by atoms with Gasteiger partial charge in [-0.2, -0.15) is 24.9 Å². The normalized spacial score (nSPS) is 7.64. The van der Waals surface area contributed by atoms with Crippen LogP contribution in [-0.4, -0.2) is 52.7 Å². The van der Waals surface area contributed by atoms with Gasteiger partial charge in [-0.05, 0) is 0 Å². The molecule has 11 heavy (non-hydrogen) atoms. The van der Waals surface area contributed by atoms with Crippen LogP contribution in [0, 0.1) is 0 Å². The quantitative estimate of drug-likeness (QED) is 0.349. The van der Waals surface area contributed by atoms with Crippen LogP contribution in [0.2, 0.25) is 0 Å². The molecule has 1 aromatic heterocycles. The zero-order valence-corrected chi connectivity index (χ0v) is 9.61. The van der Waals surface area contributed by atoms with E-state index in [0.29, 0.717) is 0 Å². The van der Waals surface area contributed by atoms with E-state index in [1.807, 2.05) is 0 Å². The molecule has 0 aliphatic rings. The van der Waals surface area contributed by atoms with Crippen molar-refractivity contribution in [3.63, 3.8) is 0 Å². The van der Waals surface area contributed by atoms with Gasteiger partial charge >= 0.3 is 37.7 Å². The number of aromatic nitrogens is 3. The Hall–Kier alpha value is 0.0997. The molecule has 0 aliphatic heterocycles. The number of hydrogen-bond donors (Lipinski definition) is 3. The van der Waals surface area contributed by atoms with Gasteiger partial charge in [0.1, 0.15) is 0 Å². The second-order valence-corrected chi connectivity index (χ2v) is 1.41. The maximum Gasteiger partial charge on any atom is 2.00 e. The molecular weight excluding hydrogens is 191 g/mol. The van der Waals surface area contributed by atoms with Gasteiger partial charge in [0.2, 0.25) is 17.8 Å². The van der Waals surface area contributed by atoms with E-state index >= 15 is 0 Å². The molecule has 0 aliphatic carbocycles. The number of anilines is 3. The number of rotatable bonds is 0. The first-order chi connectivity index (χ1) is 4.18. The van der Waals surface area contributed by atoms with Gasteiger partial charge in [-0.3, -0.25) is 0 Å². The third-order valence-corrected chi connectivity index (χ3v) is 0.687. The van der Waals surface area contributed by atoms with E-state index < -0.39 is 0 Å². The van der Waals surface area contributed by atoms with E-state index in [4.69, 9.17) is 17.2 Å². The minimum Gasteiger partial charge on any atom is -1.00 e. The average Bonchev–Trinajstić information content (AvgIpc) is 1.59. The Morgan fingerprint density at radius 2 is 1.00 bits per heavy atom. The molecule has 1 aromatic rings. The molecule has 0 fully saturated rings. The zero-order chi connectivity index (χ0) is 6.85. The van der Waals surface area contributed by atoms with E-state index in [-0.39, 0.29) is 68.3 Å². The summed E-state index contributed by atoms with van der Waals surface area (Å²) < 4.78 is 0. The second-order valence-electron chi connectivity index (χ2n) is 1.41. The summed E-state index contributed by atoms with van der Waals surface area (Å²) in [6.45, 7) is 0. The molecule has 0 saturated carbocycles. The van der Waals surface area contributed by atoms with Crippen molar-refractivity contribution in [2.24, 2.45) is 0 Å². The van der Waals surface area contributed by atoms with Gasteiger partial charge in [0, 0.05) is 0 Å². The van der Waals surface area contributed by atoms with Crippen LogP contribution in [0.25, 0.3) is 0 Å². The average molecular weight is 202 g/mol. The van der Waals surface area contributed by atoms with Crippen molar-refractivity contribution >= 4 is 65.5 Å². The number of nitrogens with zero attached hydrogens (tertiary/aromatic N) is 3. The van der Waals surface area contributed by atoms with Gasteiger partial charge in [-0.1, -0.05) is 0 Å². The fourth-order valence-corrected chi connectivity index (χ4v) is 0.427. The van der Waals surface area contributed by atoms with E-state index in [0.717, 1.165) is 0 Å². The third kappa shape index (κ3) is 4.53. The summed E-state index contributed by atoms with van der Waals surface area (Å²) in [4.78, 5) is 10.5. The van der Waals surface area contributed by atoms with Crippen LogP contribution in [0.15, 0.2) is 0 Å². The van der Waals surface area contributed by atoms with Crippen LogP contribution in [0.4, 0.5) is 17.8 Å². The molecule has 0 saturated heterocycles. The molecule has 1 atom stereocenters. The zero-order valence-electron chi connectivity index (χ0n) is 7.99. The first kappa shape index (κ1) is 13.7. The summed E-state index contributed by atoms with van der Waals surface area (Å²) >= 11 is 0. The minimum atomic E-state index is 0. The molecule has 8 heteroatoms. The van der Waals surface area contributed by atoms with E-state index in [9.17, 15) is 0 Å². The topological polar surface area (TPSA) is 117 Å². The van der Waals surface area contributed by atoms with E-state index in [2.05, 4.69) is 15.0 Å². The molecule has 0 amide bonds. The molecule has 0 spiro atoms. The Morgan fingerprint density at radius 1 is 0.818 bits per heavy atom. The number of hydrogen-bond acceptors (Lipinski definition) is 6. The summed E-state index contributed by atoms with van der Waals surface area (Å²) in [6.07, 6.45) is 0. The summed E-state index contributed by atoms with van der Waals surface area (Å²) in [5.41, 5.74) is 15.4. The van der Waals surface area contributed by atoms with Gasteiger partial charge in [-0.15, -0.1) is 0 Å². The number of nitrogens with two attached hydrogens (primary N) is 3. The molecule has 1 heterocycles. The first-order valence-corrected chi connectivity index (χ1v) is 2.21. The molecule has 6 nitrogen and oxygen atoms in total. The van der Waals surface area contributed by atoms with Gasteiger partial charge in [0.05, 0.1) is 0 Å². The van der Waals surface area contributed by atoms with Crippen molar-refractivity contribution in [1.29, 1.82) is 0 Å². The Bertz CT molecular complexity index is 187. The third-order valence-electron chi connectivity index (χ3n) is 0.687. The molecule has 60 valence electrons. The van der Waals surface area contributed by atoms with Crippen molar-refractivity contribution in [3.05, 3.63) is 0 Å². The van der Waals surface area contributed by atoms with Gasteiger partial charge in [-0.25, -0.2) is 0 Å². The molecule has 1 unspecified atom stereocenters. The largest absolute Gasteiger partial charge is 2.00 e. The molecule has 1 rings (SSSR count). The van der Waals surface area contributed by atoms with E-state index in [1.54, 1.807) is 0 Å². The summed E-state index contributed by atoms with van der Waals surface area (Å²) in [5, 5.41) is 0. The standard InChI is InChI=1S/C3H6N6.Ca.H3P.2H/c4-1-7-2(5)9-3(6)8-1;;;;/h(H6,4,5,6,7,8,9);;1H3;;/q;+2;;2*-1.